The number of ketones is 2. The van der Waals surface area contributed by atoms with Gasteiger partial charge in [-0.1, -0.05) is 0 Å². The summed E-state index contributed by atoms with van der Waals surface area (Å²) in [6.07, 6.45) is 0. The molecule has 7 nitrogen and oxygen atoms in total. The fourth-order valence-electron chi connectivity index (χ4n) is 2.70. The van der Waals surface area contributed by atoms with Crippen molar-refractivity contribution in [2.45, 2.75) is 20.8 Å². The molecule has 0 fully saturated rings. The van der Waals surface area contributed by atoms with Crippen LogP contribution in [0.1, 0.15) is 59.7 Å². The molecule has 0 amide bonds. The molecule has 0 aliphatic rings. The molecule has 0 spiro atoms. The smallest absolute Gasteiger partial charge is 0.338 e. The van der Waals surface area contributed by atoms with Crippen LogP contribution in [0.2, 0.25) is 0 Å². The van der Waals surface area contributed by atoms with E-state index in [0.29, 0.717) is 22.4 Å². The van der Waals surface area contributed by atoms with Gasteiger partial charge in [-0.2, -0.15) is 0 Å². The Balaban J connectivity index is 2.05. The number of benzene rings is 1. The maximum absolute atomic E-state index is 12.3. The third kappa shape index (κ3) is 3.88. The highest BCUT2D eigenvalue weighted by Gasteiger charge is 2.21. The Hall–Kier alpha value is -3.22. The summed E-state index contributed by atoms with van der Waals surface area (Å²) in [5.74, 6) is -1.78. The number of aromatic amines is 1. The third-order valence-corrected chi connectivity index (χ3v) is 3.94. The fraction of sp³-hybridized carbons (Fsp3) is 0.263. The van der Waals surface area contributed by atoms with Crippen LogP contribution in [0.4, 0.5) is 0 Å². The molecule has 2 aromatic rings. The van der Waals surface area contributed by atoms with E-state index < -0.39 is 24.3 Å². The van der Waals surface area contributed by atoms with E-state index in [2.05, 4.69) is 9.72 Å². The van der Waals surface area contributed by atoms with Crippen molar-refractivity contribution < 1.29 is 28.7 Å². The normalized spacial score (nSPS) is 10.3. The minimum absolute atomic E-state index is 0.141. The van der Waals surface area contributed by atoms with Crippen LogP contribution in [0.25, 0.3) is 0 Å². The zero-order chi connectivity index (χ0) is 19.4. The summed E-state index contributed by atoms with van der Waals surface area (Å²) in [6.45, 7) is 4.33. The SMILES string of the molecule is COC(=O)c1ccc(C(=O)OCC(=O)c2[nH]c(C)c(C(C)=O)c2C)cc1. The Bertz CT molecular complexity index is 876. The van der Waals surface area contributed by atoms with Crippen LogP contribution < -0.4 is 0 Å². The standard InChI is InChI=1S/C19H19NO6/c1-10-16(12(3)21)11(2)20-17(10)15(22)9-26-19(24)14-7-5-13(6-8-14)18(23)25-4/h5-8,20H,9H2,1-4H3. The van der Waals surface area contributed by atoms with Crippen LogP contribution in [0.3, 0.4) is 0 Å². The van der Waals surface area contributed by atoms with Crippen molar-refractivity contribution in [1.82, 2.24) is 4.98 Å². The van der Waals surface area contributed by atoms with Gasteiger partial charge >= 0.3 is 11.9 Å². The predicted molar refractivity (Wildman–Crippen MR) is 92.7 cm³/mol. The molecule has 2 rings (SSSR count). The number of nitrogens with one attached hydrogen (secondary N) is 1. The van der Waals surface area contributed by atoms with Gasteiger partial charge in [0, 0.05) is 11.3 Å². The van der Waals surface area contributed by atoms with E-state index in [1.165, 1.54) is 38.3 Å². The van der Waals surface area contributed by atoms with Gasteiger partial charge in [0.05, 0.1) is 23.9 Å². The summed E-state index contributed by atoms with van der Waals surface area (Å²) in [7, 11) is 1.26. The van der Waals surface area contributed by atoms with Gasteiger partial charge in [0.15, 0.2) is 12.4 Å². The van der Waals surface area contributed by atoms with Crippen molar-refractivity contribution in [3.05, 3.63) is 57.9 Å². The van der Waals surface area contributed by atoms with Crippen molar-refractivity contribution in [1.29, 1.82) is 0 Å². The lowest BCUT2D eigenvalue weighted by atomic mass is 10.1. The molecule has 1 heterocycles. The number of rotatable bonds is 6. The van der Waals surface area contributed by atoms with Gasteiger partial charge in [-0.15, -0.1) is 0 Å². The predicted octanol–water partition coefficient (Wildman–Crippen LogP) is 2.66. The summed E-state index contributed by atoms with van der Waals surface area (Å²) in [5, 5.41) is 0. The molecule has 0 atom stereocenters. The first-order chi connectivity index (χ1) is 12.3. The summed E-state index contributed by atoms with van der Waals surface area (Å²) in [5.41, 5.74) is 2.37. The molecule has 136 valence electrons. The Morgan fingerprint density at radius 3 is 1.96 bits per heavy atom. The number of carbonyl (C=O) groups is 4. The van der Waals surface area contributed by atoms with E-state index in [0.717, 1.165) is 0 Å². The first-order valence-corrected chi connectivity index (χ1v) is 7.85. The molecule has 0 aliphatic carbocycles. The van der Waals surface area contributed by atoms with Crippen molar-refractivity contribution >= 4 is 23.5 Å². The summed E-state index contributed by atoms with van der Waals surface area (Å²) in [6, 6.07) is 5.69. The lowest BCUT2D eigenvalue weighted by Gasteiger charge is -2.05. The number of H-pyrrole nitrogens is 1. The van der Waals surface area contributed by atoms with Crippen LogP contribution in [-0.2, 0) is 9.47 Å². The van der Waals surface area contributed by atoms with Crippen molar-refractivity contribution in [2.75, 3.05) is 13.7 Å². The van der Waals surface area contributed by atoms with Gasteiger partial charge in [-0.05, 0) is 50.6 Å². The number of Topliss-reactive ketones (excluding diaryl/α,β-unsaturated/α-hetero) is 2. The Labute approximate surface area is 150 Å². The van der Waals surface area contributed by atoms with Gasteiger partial charge < -0.3 is 14.5 Å². The van der Waals surface area contributed by atoms with Gasteiger partial charge in [-0.3, -0.25) is 9.59 Å². The molecule has 0 saturated heterocycles. The zero-order valence-electron chi connectivity index (χ0n) is 15.0. The monoisotopic (exact) mass is 357 g/mol. The second-order valence-electron chi connectivity index (χ2n) is 5.75. The summed E-state index contributed by atoms with van der Waals surface area (Å²) < 4.78 is 9.60. The van der Waals surface area contributed by atoms with Crippen LogP contribution >= 0.6 is 0 Å². The zero-order valence-corrected chi connectivity index (χ0v) is 15.0. The van der Waals surface area contributed by atoms with E-state index in [4.69, 9.17) is 4.74 Å². The summed E-state index contributed by atoms with van der Waals surface area (Å²) in [4.78, 5) is 50.2. The molecule has 0 unspecified atom stereocenters. The number of hydrogen-bond donors (Lipinski definition) is 1. The molecule has 0 saturated carbocycles. The average molecular weight is 357 g/mol. The molecule has 1 N–H and O–H groups in total. The fourth-order valence-corrected chi connectivity index (χ4v) is 2.70. The van der Waals surface area contributed by atoms with Gasteiger partial charge in [0.1, 0.15) is 0 Å². The van der Waals surface area contributed by atoms with Crippen LogP contribution in [0.5, 0.6) is 0 Å². The van der Waals surface area contributed by atoms with Gasteiger partial charge in [0.25, 0.3) is 0 Å². The number of aromatic nitrogens is 1. The largest absolute Gasteiger partial charge is 0.465 e. The maximum atomic E-state index is 12.3. The van der Waals surface area contributed by atoms with Crippen molar-refractivity contribution in [3.8, 4) is 0 Å². The van der Waals surface area contributed by atoms with Crippen LogP contribution in [-0.4, -0.2) is 42.2 Å². The molecular formula is C19H19NO6. The second-order valence-corrected chi connectivity index (χ2v) is 5.75. The van der Waals surface area contributed by atoms with Crippen LogP contribution in [0, 0.1) is 13.8 Å². The van der Waals surface area contributed by atoms with Crippen molar-refractivity contribution in [3.63, 3.8) is 0 Å². The van der Waals surface area contributed by atoms with Gasteiger partial charge in [0.2, 0.25) is 5.78 Å². The first-order valence-electron chi connectivity index (χ1n) is 7.85. The lowest BCUT2D eigenvalue weighted by molar-refractivity contribution is 0.0472. The minimum atomic E-state index is -0.692. The van der Waals surface area contributed by atoms with Crippen LogP contribution in [0.15, 0.2) is 24.3 Å². The molecule has 0 bridgehead atoms. The molecule has 1 aromatic heterocycles. The Kier molecular flexibility index (Phi) is 5.71. The van der Waals surface area contributed by atoms with E-state index in [1.54, 1.807) is 13.8 Å². The number of hydrogen-bond acceptors (Lipinski definition) is 6. The number of ether oxygens (including phenoxy) is 2. The highest BCUT2D eigenvalue weighted by Crippen LogP contribution is 2.19. The quantitative estimate of drug-likeness (QED) is 0.630. The number of esters is 2. The van der Waals surface area contributed by atoms with Gasteiger partial charge in [-0.25, -0.2) is 9.59 Å². The van der Waals surface area contributed by atoms with Crippen molar-refractivity contribution in [2.24, 2.45) is 0 Å². The van der Waals surface area contributed by atoms with E-state index in [1.807, 2.05) is 0 Å². The first kappa shape index (κ1) is 19.1. The minimum Gasteiger partial charge on any atom is -0.465 e. The molecule has 7 heteroatoms. The van der Waals surface area contributed by atoms with E-state index in [9.17, 15) is 19.2 Å². The van der Waals surface area contributed by atoms with E-state index >= 15 is 0 Å². The Morgan fingerprint density at radius 2 is 1.50 bits per heavy atom. The molecule has 0 aliphatic heterocycles. The third-order valence-electron chi connectivity index (χ3n) is 3.94. The highest BCUT2D eigenvalue weighted by atomic mass is 16.5. The van der Waals surface area contributed by atoms with E-state index in [-0.39, 0.29) is 17.0 Å². The number of aryl methyl sites for hydroxylation is 1. The molecule has 26 heavy (non-hydrogen) atoms. The number of carbonyl (C=O) groups excluding carboxylic acids is 4. The highest BCUT2D eigenvalue weighted by molar-refractivity contribution is 6.04. The molecule has 0 radical (unpaired) electrons. The molecular weight excluding hydrogens is 338 g/mol. The number of methoxy groups -OCH3 is 1. The maximum Gasteiger partial charge on any atom is 0.338 e. The topological polar surface area (TPSA) is 103 Å². The molecule has 1 aromatic carbocycles. The summed E-state index contributed by atoms with van der Waals surface area (Å²) >= 11 is 0. The Morgan fingerprint density at radius 1 is 0.962 bits per heavy atom. The average Bonchev–Trinajstić information content (AvgIpc) is 2.93. The lowest BCUT2D eigenvalue weighted by Crippen LogP contribution is -2.15. The second kappa shape index (κ2) is 7.77.